The molecule has 0 saturated carbocycles. The van der Waals surface area contributed by atoms with Crippen LogP contribution in [-0.2, 0) is 0 Å². The molecule has 0 amide bonds. The third-order valence-electron chi connectivity index (χ3n) is 2.58. The van der Waals surface area contributed by atoms with Gasteiger partial charge in [-0.25, -0.2) is 9.97 Å². The van der Waals surface area contributed by atoms with Gasteiger partial charge in [0.05, 0.1) is 6.04 Å². The predicted molar refractivity (Wildman–Crippen MR) is 57.9 cm³/mol. The molecule has 0 aliphatic carbocycles. The normalized spacial score (nSPS) is 15.1. The van der Waals surface area contributed by atoms with E-state index in [4.69, 9.17) is 0 Å². The van der Waals surface area contributed by atoms with E-state index in [0.29, 0.717) is 5.92 Å². The molecule has 1 rings (SSSR count). The lowest BCUT2D eigenvalue weighted by atomic mass is 9.99. The molecular weight excluding hydrogens is 174 g/mol. The highest BCUT2D eigenvalue weighted by Gasteiger charge is 2.14. The Labute approximate surface area is 86.0 Å². The van der Waals surface area contributed by atoms with E-state index in [0.717, 1.165) is 12.2 Å². The number of nitrogens with one attached hydrogen (secondary N) is 1. The van der Waals surface area contributed by atoms with Crippen molar-refractivity contribution in [3.05, 3.63) is 24.3 Å². The molecule has 0 fully saturated rings. The topological polar surface area (TPSA) is 37.8 Å². The van der Waals surface area contributed by atoms with Crippen molar-refractivity contribution >= 4 is 0 Å². The highest BCUT2D eigenvalue weighted by atomic mass is 15.0. The van der Waals surface area contributed by atoms with Crippen molar-refractivity contribution in [2.75, 3.05) is 7.05 Å². The van der Waals surface area contributed by atoms with Gasteiger partial charge in [0.1, 0.15) is 5.82 Å². The first kappa shape index (κ1) is 11.1. The van der Waals surface area contributed by atoms with Crippen LogP contribution in [0.5, 0.6) is 0 Å². The average Bonchev–Trinajstić information content (AvgIpc) is 2.26. The molecule has 0 bridgehead atoms. The fourth-order valence-corrected chi connectivity index (χ4v) is 1.41. The fraction of sp³-hybridized carbons (Fsp3) is 0.636. The van der Waals surface area contributed by atoms with Gasteiger partial charge < -0.3 is 5.32 Å². The molecule has 14 heavy (non-hydrogen) atoms. The van der Waals surface area contributed by atoms with Crippen LogP contribution in [0.3, 0.4) is 0 Å². The second-order valence-corrected chi connectivity index (χ2v) is 3.70. The standard InChI is InChI=1S/C11H19N3/c1-4-9(2)8-10(12-3)11-13-6-5-7-14-11/h5-7,9-10,12H,4,8H2,1-3H3. The third kappa shape index (κ3) is 3.07. The van der Waals surface area contributed by atoms with Gasteiger partial charge in [0.25, 0.3) is 0 Å². The molecule has 0 radical (unpaired) electrons. The Balaban J connectivity index is 2.63. The van der Waals surface area contributed by atoms with Gasteiger partial charge in [0, 0.05) is 12.4 Å². The summed E-state index contributed by atoms with van der Waals surface area (Å²) in [6.45, 7) is 4.47. The lowest BCUT2D eigenvalue weighted by molar-refractivity contribution is 0.408. The average molecular weight is 193 g/mol. The van der Waals surface area contributed by atoms with E-state index in [1.54, 1.807) is 12.4 Å². The summed E-state index contributed by atoms with van der Waals surface area (Å²) in [4.78, 5) is 8.53. The zero-order valence-electron chi connectivity index (χ0n) is 9.20. The number of nitrogens with zero attached hydrogens (tertiary/aromatic N) is 2. The van der Waals surface area contributed by atoms with Gasteiger partial charge in [0.15, 0.2) is 0 Å². The Morgan fingerprint density at radius 3 is 2.50 bits per heavy atom. The van der Waals surface area contributed by atoms with Gasteiger partial charge in [-0.1, -0.05) is 20.3 Å². The second kappa shape index (κ2) is 5.70. The van der Waals surface area contributed by atoms with Crippen LogP contribution in [0.15, 0.2) is 18.5 Å². The van der Waals surface area contributed by atoms with Gasteiger partial charge in [-0.2, -0.15) is 0 Å². The summed E-state index contributed by atoms with van der Waals surface area (Å²) < 4.78 is 0. The van der Waals surface area contributed by atoms with Crippen molar-refractivity contribution < 1.29 is 0 Å². The Morgan fingerprint density at radius 2 is 2.00 bits per heavy atom. The van der Waals surface area contributed by atoms with Crippen molar-refractivity contribution in [3.8, 4) is 0 Å². The van der Waals surface area contributed by atoms with Crippen LogP contribution in [0.2, 0.25) is 0 Å². The molecule has 3 nitrogen and oxygen atoms in total. The zero-order chi connectivity index (χ0) is 10.4. The molecule has 1 aromatic rings. The summed E-state index contributed by atoms with van der Waals surface area (Å²) in [5, 5.41) is 3.26. The Morgan fingerprint density at radius 1 is 1.36 bits per heavy atom. The summed E-state index contributed by atoms with van der Waals surface area (Å²) in [6.07, 6.45) is 5.88. The van der Waals surface area contributed by atoms with Crippen LogP contribution in [0.25, 0.3) is 0 Å². The molecule has 78 valence electrons. The number of hydrogen-bond acceptors (Lipinski definition) is 3. The first-order valence-electron chi connectivity index (χ1n) is 5.22. The monoisotopic (exact) mass is 193 g/mol. The van der Waals surface area contributed by atoms with E-state index < -0.39 is 0 Å². The molecule has 0 saturated heterocycles. The number of hydrogen-bond donors (Lipinski definition) is 1. The SMILES string of the molecule is CCC(C)CC(NC)c1ncccn1. The Kier molecular flexibility index (Phi) is 4.53. The molecule has 0 aromatic carbocycles. The van der Waals surface area contributed by atoms with Crippen LogP contribution in [0.4, 0.5) is 0 Å². The summed E-state index contributed by atoms with van der Waals surface area (Å²) in [5.41, 5.74) is 0. The van der Waals surface area contributed by atoms with Gasteiger partial charge in [-0.15, -0.1) is 0 Å². The summed E-state index contributed by atoms with van der Waals surface area (Å²) in [7, 11) is 1.96. The Bertz CT molecular complexity index is 248. The van der Waals surface area contributed by atoms with Crippen LogP contribution in [0.1, 0.15) is 38.6 Å². The second-order valence-electron chi connectivity index (χ2n) is 3.70. The molecule has 0 aliphatic heterocycles. The summed E-state index contributed by atoms with van der Waals surface area (Å²) in [6, 6.07) is 2.13. The van der Waals surface area contributed by atoms with E-state index >= 15 is 0 Å². The molecule has 0 spiro atoms. The maximum Gasteiger partial charge on any atom is 0.145 e. The minimum absolute atomic E-state index is 0.283. The van der Waals surface area contributed by atoms with Crippen LogP contribution in [0, 0.1) is 5.92 Å². The molecule has 1 heterocycles. The predicted octanol–water partition coefficient (Wildman–Crippen LogP) is 2.17. The molecule has 1 aromatic heterocycles. The minimum atomic E-state index is 0.283. The van der Waals surface area contributed by atoms with Gasteiger partial charge in [-0.05, 0) is 25.5 Å². The zero-order valence-corrected chi connectivity index (χ0v) is 9.20. The number of aromatic nitrogens is 2. The van der Waals surface area contributed by atoms with E-state index in [2.05, 4.69) is 29.1 Å². The first-order chi connectivity index (χ1) is 6.77. The van der Waals surface area contributed by atoms with E-state index in [9.17, 15) is 0 Å². The van der Waals surface area contributed by atoms with Crippen molar-refractivity contribution in [1.29, 1.82) is 0 Å². The lowest BCUT2D eigenvalue weighted by Gasteiger charge is -2.17. The Hall–Kier alpha value is -0.960. The molecular formula is C11H19N3. The maximum absolute atomic E-state index is 4.26. The van der Waals surface area contributed by atoms with Crippen molar-refractivity contribution in [3.63, 3.8) is 0 Å². The minimum Gasteiger partial charge on any atom is -0.310 e. The maximum atomic E-state index is 4.26. The fourth-order valence-electron chi connectivity index (χ4n) is 1.41. The van der Waals surface area contributed by atoms with Crippen molar-refractivity contribution in [1.82, 2.24) is 15.3 Å². The summed E-state index contributed by atoms with van der Waals surface area (Å²) in [5.74, 6) is 1.60. The van der Waals surface area contributed by atoms with E-state index in [1.165, 1.54) is 6.42 Å². The highest BCUT2D eigenvalue weighted by molar-refractivity contribution is 4.95. The smallest absolute Gasteiger partial charge is 0.145 e. The molecule has 3 heteroatoms. The van der Waals surface area contributed by atoms with Crippen molar-refractivity contribution in [2.45, 2.75) is 32.7 Å². The van der Waals surface area contributed by atoms with E-state index in [-0.39, 0.29) is 6.04 Å². The molecule has 2 atom stereocenters. The molecule has 1 N–H and O–H groups in total. The lowest BCUT2D eigenvalue weighted by Crippen LogP contribution is -2.21. The molecule has 0 aliphatic rings. The first-order valence-corrected chi connectivity index (χ1v) is 5.22. The quantitative estimate of drug-likeness (QED) is 0.778. The van der Waals surface area contributed by atoms with Crippen LogP contribution < -0.4 is 5.32 Å². The van der Waals surface area contributed by atoms with Gasteiger partial charge in [-0.3, -0.25) is 0 Å². The molecule has 2 unspecified atom stereocenters. The van der Waals surface area contributed by atoms with Crippen LogP contribution in [-0.4, -0.2) is 17.0 Å². The largest absolute Gasteiger partial charge is 0.310 e. The van der Waals surface area contributed by atoms with Crippen molar-refractivity contribution in [2.24, 2.45) is 5.92 Å². The van der Waals surface area contributed by atoms with E-state index in [1.807, 2.05) is 13.1 Å². The van der Waals surface area contributed by atoms with Gasteiger partial charge >= 0.3 is 0 Å². The number of rotatable bonds is 5. The highest BCUT2D eigenvalue weighted by Crippen LogP contribution is 2.19. The van der Waals surface area contributed by atoms with Gasteiger partial charge in [0.2, 0.25) is 0 Å². The van der Waals surface area contributed by atoms with Crippen LogP contribution >= 0.6 is 0 Å². The summed E-state index contributed by atoms with van der Waals surface area (Å²) >= 11 is 0. The third-order valence-corrected chi connectivity index (χ3v) is 2.58.